The van der Waals surface area contributed by atoms with Gasteiger partial charge in [0, 0.05) is 42.0 Å². The Hall–Kier alpha value is -5.91. The van der Waals surface area contributed by atoms with Crippen molar-refractivity contribution in [1.29, 1.82) is 0 Å². The fraction of sp³-hybridized carbons (Fsp3) is 0.241. The van der Waals surface area contributed by atoms with Gasteiger partial charge in [-0.1, -0.05) is 164 Å². The van der Waals surface area contributed by atoms with E-state index in [-0.39, 0.29) is 42.9 Å². The van der Waals surface area contributed by atoms with Crippen LogP contribution < -0.4 is 4.74 Å². The van der Waals surface area contributed by atoms with Gasteiger partial charge in [0.05, 0.1) is 6.10 Å². The maximum absolute atomic E-state index is 14.1. The number of hydrogen-bond acceptors (Lipinski definition) is 8. The molecule has 322 valence electrons. The fourth-order valence-corrected chi connectivity index (χ4v) is 10.2. The molecule has 1 aliphatic rings. The number of aliphatic hydroxyl groups excluding tert-OH is 1. The minimum atomic E-state index is -2.46. The van der Waals surface area contributed by atoms with Gasteiger partial charge in [-0.2, -0.15) is 0 Å². The summed E-state index contributed by atoms with van der Waals surface area (Å²) in [7, 11) is 0. The Balaban J connectivity index is 1.39. The van der Waals surface area contributed by atoms with E-state index in [0.717, 1.165) is 21.6 Å². The SMILES string of the molecule is O=C(O)COc1ccc(C(Cc2ccccc2)c2cccs2)cc1[C@@H]1O[C@H](C(O)Cc2ccccc2)[C@](O)(Cc2ccccc2)[C@@](O)(Cc2ccccc2)[C@]1(O)Cc1ccccc1. The van der Waals surface area contributed by atoms with Gasteiger partial charge in [0.25, 0.3) is 0 Å². The zero-order valence-corrected chi connectivity index (χ0v) is 35.6. The molecular weight excluding hydrogens is 809 g/mol. The van der Waals surface area contributed by atoms with E-state index in [1.807, 2.05) is 163 Å². The molecule has 0 spiro atoms. The molecule has 7 aromatic rings. The molecule has 8 nitrogen and oxygen atoms in total. The van der Waals surface area contributed by atoms with Crippen molar-refractivity contribution in [2.75, 3.05) is 6.61 Å². The smallest absolute Gasteiger partial charge is 0.341 e. The van der Waals surface area contributed by atoms with E-state index in [9.17, 15) is 30.3 Å². The van der Waals surface area contributed by atoms with Crippen molar-refractivity contribution in [1.82, 2.24) is 0 Å². The molecule has 0 saturated carbocycles. The van der Waals surface area contributed by atoms with Gasteiger partial charge < -0.3 is 35.0 Å². The third kappa shape index (κ3) is 9.41. The summed E-state index contributed by atoms with van der Waals surface area (Å²) in [5.41, 5.74) is -2.26. The van der Waals surface area contributed by atoms with Gasteiger partial charge in [0.1, 0.15) is 34.8 Å². The predicted octanol–water partition coefficient (Wildman–Crippen LogP) is 8.55. The van der Waals surface area contributed by atoms with Gasteiger partial charge in [0.2, 0.25) is 0 Å². The molecule has 8 rings (SSSR count). The number of hydrogen-bond donors (Lipinski definition) is 5. The number of carboxylic acid groups (broad SMARTS) is 1. The molecule has 9 heteroatoms. The summed E-state index contributed by atoms with van der Waals surface area (Å²) < 4.78 is 13.2. The lowest BCUT2D eigenvalue weighted by Crippen LogP contribution is -2.81. The molecule has 63 heavy (non-hydrogen) atoms. The van der Waals surface area contributed by atoms with Crippen LogP contribution in [0.1, 0.15) is 55.8 Å². The lowest BCUT2D eigenvalue weighted by atomic mass is 9.56. The lowest BCUT2D eigenvalue weighted by Gasteiger charge is -2.62. The quantitative estimate of drug-likeness (QED) is 0.0615. The van der Waals surface area contributed by atoms with Gasteiger partial charge in [0.15, 0.2) is 6.61 Å². The van der Waals surface area contributed by atoms with E-state index in [4.69, 9.17) is 9.47 Å². The zero-order chi connectivity index (χ0) is 43.9. The second kappa shape index (κ2) is 19.2. The van der Waals surface area contributed by atoms with Crippen LogP contribution in [0.2, 0.25) is 0 Å². The average Bonchev–Trinajstić information content (AvgIpc) is 3.84. The third-order valence-electron chi connectivity index (χ3n) is 12.4. The van der Waals surface area contributed by atoms with Gasteiger partial charge in [-0.3, -0.25) is 0 Å². The van der Waals surface area contributed by atoms with Crippen LogP contribution >= 0.6 is 11.3 Å². The van der Waals surface area contributed by atoms with Crippen molar-refractivity contribution >= 4 is 17.3 Å². The first kappa shape index (κ1) is 43.7. The van der Waals surface area contributed by atoms with E-state index in [0.29, 0.717) is 23.1 Å². The van der Waals surface area contributed by atoms with Crippen LogP contribution in [0.15, 0.2) is 187 Å². The average molecular weight is 861 g/mol. The van der Waals surface area contributed by atoms with Gasteiger partial charge in [-0.15, -0.1) is 11.3 Å². The first-order valence-corrected chi connectivity index (χ1v) is 22.2. The second-order valence-electron chi connectivity index (χ2n) is 16.6. The van der Waals surface area contributed by atoms with Crippen LogP contribution in [0.25, 0.3) is 0 Å². The molecule has 1 fully saturated rings. The summed E-state index contributed by atoms with van der Waals surface area (Å²) in [6.45, 7) is -0.694. The summed E-state index contributed by atoms with van der Waals surface area (Å²) in [6.07, 6.45) is -4.39. The molecule has 1 aliphatic heterocycles. The van der Waals surface area contributed by atoms with Gasteiger partial charge in [-0.25, -0.2) is 4.79 Å². The van der Waals surface area contributed by atoms with Crippen molar-refractivity contribution in [3.05, 3.63) is 231 Å². The minimum Gasteiger partial charge on any atom is -0.482 e. The number of benzene rings is 6. The Morgan fingerprint density at radius 3 is 1.60 bits per heavy atom. The molecule has 0 radical (unpaired) electrons. The molecule has 5 N–H and O–H groups in total. The van der Waals surface area contributed by atoms with Crippen LogP contribution in [-0.2, 0) is 41.6 Å². The maximum Gasteiger partial charge on any atom is 0.341 e. The van der Waals surface area contributed by atoms with E-state index in [1.165, 1.54) is 0 Å². The highest BCUT2D eigenvalue weighted by molar-refractivity contribution is 7.10. The molecule has 2 unspecified atom stereocenters. The Kier molecular flexibility index (Phi) is 13.3. The zero-order valence-electron chi connectivity index (χ0n) is 34.8. The minimum absolute atomic E-state index is 0.0494. The third-order valence-corrected chi connectivity index (χ3v) is 13.4. The van der Waals surface area contributed by atoms with Crippen LogP contribution in [0.3, 0.4) is 0 Å². The molecule has 1 aromatic heterocycles. The highest BCUT2D eigenvalue weighted by atomic mass is 32.1. The largest absolute Gasteiger partial charge is 0.482 e. The molecule has 0 amide bonds. The molecule has 7 atom stereocenters. The number of carboxylic acids is 1. The lowest BCUT2D eigenvalue weighted by molar-refractivity contribution is -0.368. The van der Waals surface area contributed by atoms with Gasteiger partial charge in [-0.05, 0) is 63.4 Å². The number of aliphatic carboxylic acids is 1. The van der Waals surface area contributed by atoms with Crippen molar-refractivity contribution in [3.8, 4) is 5.75 Å². The van der Waals surface area contributed by atoms with E-state index in [2.05, 4.69) is 18.2 Å². The Bertz CT molecular complexity index is 2520. The topological polar surface area (TPSA) is 137 Å². The molecular formula is C54H52O8S. The van der Waals surface area contributed by atoms with Crippen molar-refractivity contribution in [2.45, 2.75) is 73.1 Å². The predicted molar refractivity (Wildman–Crippen MR) is 245 cm³/mol. The van der Waals surface area contributed by atoms with E-state index < -0.39 is 47.7 Å². The van der Waals surface area contributed by atoms with E-state index in [1.54, 1.807) is 17.4 Å². The van der Waals surface area contributed by atoms with Crippen LogP contribution in [0, 0.1) is 0 Å². The Morgan fingerprint density at radius 1 is 0.603 bits per heavy atom. The Morgan fingerprint density at radius 2 is 1.10 bits per heavy atom. The number of aliphatic hydroxyl groups is 4. The van der Waals surface area contributed by atoms with Crippen molar-refractivity contribution in [3.63, 3.8) is 0 Å². The second-order valence-corrected chi connectivity index (χ2v) is 17.6. The summed E-state index contributed by atoms with van der Waals surface area (Å²) in [5, 5.41) is 66.4. The number of carbonyl (C=O) groups is 1. The van der Waals surface area contributed by atoms with Crippen LogP contribution in [-0.4, -0.2) is 67.1 Å². The molecule has 1 saturated heterocycles. The van der Waals surface area contributed by atoms with Crippen LogP contribution in [0.4, 0.5) is 0 Å². The summed E-state index contributed by atoms with van der Waals surface area (Å²) in [5.74, 6) is -1.26. The number of thiophene rings is 1. The highest BCUT2D eigenvalue weighted by Gasteiger charge is 2.72. The number of rotatable bonds is 17. The standard InChI is InChI=1S/C54H52O8S/c55-46(32-39-19-8-2-9-20-39)51-53(59,35-41-23-12-4-13-24-41)54(60,36-42-25-14-5-15-26-42)52(58,34-40-21-10-3-11-22-40)50(62-51)45-33-43(28-29-47(45)61-37-49(56)57)44(48-27-16-30-63-48)31-38-17-6-1-7-18-38/h1-30,33,44,46,50-51,55,58-60H,31-32,34-37H2,(H,56,57)/t44?,46?,50-,51+,52-,53+,54+/m0/s1. The van der Waals surface area contributed by atoms with Crippen molar-refractivity contribution in [2.24, 2.45) is 0 Å². The molecule has 0 bridgehead atoms. The first-order chi connectivity index (χ1) is 30.6. The summed E-state index contributed by atoms with van der Waals surface area (Å²) >= 11 is 1.62. The number of ether oxygens (including phenoxy) is 2. The summed E-state index contributed by atoms with van der Waals surface area (Å²) in [4.78, 5) is 13.2. The normalized spacial score (nSPS) is 23.1. The summed E-state index contributed by atoms with van der Waals surface area (Å²) in [6, 6.07) is 56.7. The van der Waals surface area contributed by atoms with Crippen molar-refractivity contribution < 1.29 is 39.8 Å². The first-order valence-electron chi connectivity index (χ1n) is 21.3. The monoisotopic (exact) mass is 860 g/mol. The van der Waals surface area contributed by atoms with Crippen LogP contribution in [0.5, 0.6) is 5.75 Å². The highest BCUT2D eigenvalue weighted by Crippen LogP contribution is 2.56. The molecule has 6 aromatic carbocycles. The maximum atomic E-state index is 14.1. The van der Waals surface area contributed by atoms with E-state index >= 15 is 0 Å². The Labute approximate surface area is 372 Å². The molecule has 2 heterocycles. The molecule has 0 aliphatic carbocycles. The van der Waals surface area contributed by atoms with Gasteiger partial charge >= 0.3 is 5.97 Å². The fourth-order valence-electron chi connectivity index (χ4n) is 9.38.